The SMILES string of the molecule is Cc1cccc(CS(=O)(=O)N(C)CC(C)(C)CN)c1. The van der Waals surface area contributed by atoms with E-state index in [0.29, 0.717) is 13.1 Å². The van der Waals surface area contributed by atoms with Gasteiger partial charge in [-0.3, -0.25) is 0 Å². The molecule has 5 heteroatoms. The molecule has 0 spiro atoms. The summed E-state index contributed by atoms with van der Waals surface area (Å²) in [6.45, 7) is 6.77. The van der Waals surface area contributed by atoms with Crippen LogP contribution in [-0.4, -0.2) is 32.9 Å². The molecule has 19 heavy (non-hydrogen) atoms. The number of rotatable bonds is 6. The third-order valence-corrected chi connectivity index (χ3v) is 4.89. The quantitative estimate of drug-likeness (QED) is 0.865. The molecule has 1 aromatic carbocycles. The lowest BCUT2D eigenvalue weighted by atomic mass is 9.94. The van der Waals surface area contributed by atoms with Crippen molar-refractivity contribution in [3.05, 3.63) is 35.4 Å². The molecule has 0 heterocycles. The maximum Gasteiger partial charge on any atom is 0.218 e. The number of aryl methyl sites for hydroxylation is 1. The van der Waals surface area contributed by atoms with Crippen molar-refractivity contribution < 1.29 is 8.42 Å². The van der Waals surface area contributed by atoms with Gasteiger partial charge in [-0.1, -0.05) is 43.7 Å². The van der Waals surface area contributed by atoms with Gasteiger partial charge in [-0.05, 0) is 24.4 Å². The predicted octanol–water partition coefficient (Wildman–Crippen LogP) is 1.74. The maximum atomic E-state index is 12.3. The summed E-state index contributed by atoms with van der Waals surface area (Å²) in [5.41, 5.74) is 7.32. The maximum absolute atomic E-state index is 12.3. The third-order valence-electron chi connectivity index (χ3n) is 3.11. The molecule has 0 radical (unpaired) electrons. The van der Waals surface area contributed by atoms with Gasteiger partial charge in [-0.25, -0.2) is 12.7 Å². The van der Waals surface area contributed by atoms with E-state index in [1.807, 2.05) is 45.0 Å². The highest BCUT2D eigenvalue weighted by atomic mass is 32.2. The van der Waals surface area contributed by atoms with E-state index in [4.69, 9.17) is 5.73 Å². The first-order valence-corrected chi connectivity index (χ1v) is 7.97. The Balaban J connectivity index is 2.81. The highest BCUT2D eigenvalue weighted by Gasteiger charge is 2.25. The van der Waals surface area contributed by atoms with Gasteiger partial charge >= 0.3 is 0 Å². The van der Waals surface area contributed by atoms with Crippen molar-refractivity contribution in [1.29, 1.82) is 0 Å². The minimum atomic E-state index is -3.30. The molecule has 0 amide bonds. The molecule has 1 rings (SSSR count). The van der Waals surface area contributed by atoms with E-state index in [2.05, 4.69) is 0 Å². The average Bonchev–Trinajstić information content (AvgIpc) is 2.27. The summed E-state index contributed by atoms with van der Waals surface area (Å²) >= 11 is 0. The normalized spacial score (nSPS) is 12.9. The first-order valence-electron chi connectivity index (χ1n) is 6.36. The summed E-state index contributed by atoms with van der Waals surface area (Å²) in [5, 5.41) is 0. The molecule has 1 aromatic rings. The van der Waals surface area contributed by atoms with Crippen LogP contribution >= 0.6 is 0 Å². The largest absolute Gasteiger partial charge is 0.330 e. The molecular formula is C14H24N2O2S. The van der Waals surface area contributed by atoms with Gasteiger partial charge in [0, 0.05) is 13.6 Å². The van der Waals surface area contributed by atoms with Gasteiger partial charge in [0.15, 0.2) is 0 Å². The molecule has 0 saturated heterocycles. The second-order valence-corrected chi connectivity index (χ2v) is 7.95. The molecule has 0 aliphatic heterocycles. The Morgan fingerprint density at radius 3 is 2.47 bits per heavy atom. The molecule has 0 bridgehead atoms. The molecule has 0 atom stereocenters. The summed E-state index contributed by atoms with van der Waals surface area (Å²) < 4.78 is 26.0. The van der Waals surface area contributed by atoms with Gasteiger partial charge in [-0.15, -0.1) is 0 Å². The summed E-state index contributed by atoms with van der Waals surface area (Å²) in [6.07, 6.45) is 0. The molecule has 108 valence electrons. The zero-order chi connectivity index (χ0) is 14.7. The van der Waals surface area contributed by atoms with Crippen LogP contribution in [0.1, 0.15) is 25.0 Å². The Bertz CT molecular complexity index is 524. The summed E-state index contributed by atoms with van der Waals surface area (Å²) in [7, 11) is -1.68. The van der Waals surface area contributed by atoms with Crippen LogP contribution < -0.4 is 5.73 Å². The summed E-state index contributed by atoms with van der Waals surface area (Å²) in [5.74, 6) is 0.0336. The summed E-state index contributed by atoms with van der Waals surface area (Å²) in [6, 6.07) is 7.58. The Hall–Kier alpha value is -0.910. The van der Waals surface area contributed by atoms with Crippen molar-refractivity contribution in [2.45, 2.75) is 26.5 Å². The first kappa shape index (κ1) is 16.1. The van der Waals surface area contributed by atoms with Gasteiger partial charge in [0.2, 0.25) is 10.0 Å². The lowest BCUT2D eigenvalue weighted by molar-refractivity contribution is 0.291. The number of hydrogen-bond donors (Lipinski definition) is 1. The molecule has 0 aromatic heterocycles. The molecule has 0 saturated carbocycles. The second-order valence-electron chi connectivity index (χ2n) is 5.87. The van der Waals surface area contributed by atoms with Gasteiger partial charge in [-0.2, -0.15) is 0 Å². The van der Waals surface area contributed by atoms with Crippen LogP contribution in [0.25, 0.3) is 0 Å². The minimum Gasteiger partial charge on any atom is -0.330 e. The molecule has 2 N–H and O–H groups in total. The van der Waals surface area contributed by atoms with Gasteiger partial charge in [0.25, 0.3) is 0 Å². The van der Waals surface area contributed by atoms with Crippen molar-refractivity contribution >= 4 is 10.0 Å². The van der Waals surface area contributed by atoms with Crippen molar-refractivity contribution in [1.82, 2.24) is 4.31 Å². The van der Waals surface area contributed by atoms with Crippen LogP contribution in [0.4, 0.5) is 0 Å². The standard InChI is InChI=1S/C14H24N2O2S/c1-12-6-5-7-13(8-12)9-19(17,18)16(4)11-14(2,3)10-15/h5-8H,9-11,15H2,1-4H3. The highest BCUT2D eigenvalue weighted by molar-refractivity contribution is 7.88. The van der Waals surface area contributed by atoms with E-state index in [1.54, 1.807) is 7.05 Å². The van der Waals surface area contributed by atoms with E-state index in [1.165, 1.54) is 4.31 Å². The smallest absolute Gasteiger partial charge is 0.218 e. The predicted molar refractivity (Wildman–Crippen MR) is 79.3 cm³/mol. The number of benzene rings is 1. The minimum absolute atomic E-state index is 0.0336. The Kier molecular flexibility index (Phi) is 5.12. The van der Waals surface area contributed by atoms with Gasteiger partial charge in [0.1, 0.15) is 0 Å². The van der Waals surface area contributed by atoms with Crippen molar-refractivity contribution in [2.24, 2.45) is 11.1 Å². The van der Waals surface area contributed by atoms with Gasteiger partial charge < -0.3 is 5.73 Å². The molecular weight excluding hydrogens is 260 g/mol. The van der Waals surface area contributed by atoms with Gasteiger partial charge in [0.05, 0.1) is 5.75 Å². The average molecular weight is 284 g/mol. The zero-order valence-electron chi connectivity index (χ0n) is 12.2. The van der Waals surface area contributed by atoms with Crippen LogP contribution in [-0.2, 0) is 15.8 Å². The van der Waals surface area contributed by atoms with Crippen LogP contribution in [0, 0.1) is 12.3 Å². The number of nitrogens with two attached hydrogens (primary N) is 1. The van der Waals surface area contributed by atoms with Crippen LogP contribution in [0.5, 0.6) is 0 Å². The second kappa shape index (κ2) is 6.03. The van der Waals surface area contributed by atoms with E-state index >= 15 is 0 Å². The Morgan fingerprint density at radius 1 is 1.32 bits per heavy atom. The summed E-state index contributed by atoms with van der Waals surface area (Å²) in [4.78, 5) is 0. The molecule has 0 aliphatic rings. The monoisotopic (exact) mass is 284 g/mol. The lowest BCUT2D eigenvalue weighted by Crippen LogP contribution is -2.40. The molecule has 0 fully saturated rings. The fraction of sp³-hybridized carbons (Fsp3) is 0.571. The number of hydrogen-bond acceptors (Lipinski definition) is 3. The van der Waals surface area contributed by atoms with E-state index in [9.17, 15) is 8.42 Å². The van der Waals surface area contributed by atoms with E-state index < -0.39 is 10.0 Å². The lowest BCUT2D eigenvalue weighted by Gasteiger charge is -2.28. The van der Waals surface area contributed by atoms with Crippen LogP contribution in [0.2, 0.25) is 0 Å². The number of sulfonamides is 1. The third kappa shape index (κ3) is 4.93. The molecule has 0 unspecified atom stereocenters. The topological polar surface area (TPSA) is 63.4 Å². The molecule has 4 nitrogen and oxygen atoms in total. The Morgan fingerprint density at radius 2 is 1.95 bits per heavy atom. The van der Waals surface area contributed by atoms with E-state index in [0.717, 1.165) is 11.1 Å². The Labute approximate surface area is 116 Å². The van der Waals surface area contributed by atoms with Crippen molar-refractivity contribution in [3.63, 3.8) is 0 Å². The fourth-order valence-corrected chi connectivity index (χ4v) is 3.26. The van der Waals surface area contributed by atoms with Crippen molar-refractivity contribution in [2.75, 3.05) is 20.1 Å². The van der Waals surface area contributed by atoms with Crippen LogP contribution in [0.15, 0.2) is 24.3 Å². The fourth-order valence-electron chi connectivity index (χ4n) is 1.89. The van der Waals surface area contributed by atoms with Crippen molar-refractivity contribution in [3.8, 4) is 0 Å². The van der Waals surface area contributed by atoms with Crippen LogP contribution in [0.3, 0.4) is 0 Å². The first-order chi connectivity index (χ1) is 8.66. The zero-order valence-corrected chi connectivity index (χ0v) is 13.0. The number of nitrogens with zero attached hydrogens (tertiary/aromatic N) is 1. The highest BCUT2D eigenvalue weighted by Crippen LogP contribution is 2.18. The molecule has 0 aliphatic carbocycles. The van der Waals surface area contributed by atoms with E-state index in [-0.39, 0.29) is 11.2 Å².